The summed E-state index contributed by atoms with van der Waals surface area (Å²) in [6.07, 6.45) is 1.46. The summed E-state index contributed by atoms with van der Waals surface area (Å²) in [7, 11) is -0.245. The topological polar surface area (TPSA) is 105 Å². The number of ether oxygens (including phenoxy) is 1. The van der Waals surface area contributed by atoms with Gasteiger partial charge in [-0.3, -0.25) is 14.3 Å². The molecule has 0 saturated heterocycles. The fourth-order valence-electron chi connectivity index (χ4n) is 2.02. The summed E-state index contributed by atoms with van der Waals surface area (Å²) in [6, 6.07) is 4.83. The number of aryl methyl sites for hydroxylation is 1. The number of methoxy groups -OCH3 is 1. The summed E-state index contributed by atoms with van der Waals surface area (Å²) in [4.78, 5) is 25.3. The van der Waals surface area contributed by atoms with Gasteiger partial charge in [0.15, 0.2) is 0 Å². The molecule has 0 fully saturated rings. The van der Waals surface area contributed by atoms with Crippen LogP contribution in [0.15, 0.2) is 34.0 Å². The monoisotopic (exact) mass is 290 g/mol. The molecule has 1 aromatic carbocycles. The van der Waals surface area contributed by atoms with E-state index >= 15 is 0 Å². The summed E-state index contributed by atoms with van der Waals surface area (Å²) < 4.78 is 6.37. The van der Waals surface area contributed by atoms with E-state index in [-0.39, 0.29) is 12.0 Å². The van der Waals surface area contributed by atoms with Gasteiger partial charge in [-0.2, -0.15) is 0 Å². The average Bonchev–Trinajstić information content (AvgIpc) is 2.44. The minimum absolute atomic E-state index is 0.195. The Morgan fingerprint density at radius 2 is 2.05 bits per heavy atom. The lowest BCUT2D eigenvalue weighted by atomic mass is 9.78. The van der Waals surface area contributed by atoms with Crippen molar-refractivity contribution in [3.63, 3.8) is 0 Å². The van der Waals surface area contributed by atoms with Crippen LogP contribution in [-0.4, -0.2) is 33.8 Å². The third-order valence-electron chi connectivity index (χ3n) is 3.11. The molecule has 0 saturated carbocycles. The lowest BCUT2D eigenvalue weighted by Crippen LogP contribution is -2.33. The van der Waals surface area contributed by atoms with Crippen LogP contribution in [0.25, 0.3) is 0 Å². The van der Waals surface area contributed by atoms with Gasteiger partial charge in [-0.05, 0) is 18.6 Å². The van der Waals surface area contributed by atoms with E-state index in [2.05, 4.69) is 4.98 Å². The standard InChI is InChI=1S/C13H15BN2O5/c1-8-6-16(13(18)15-12(8)17)7-9-3-4-11(21-2)10(5-9)14(19)20/h3-6,19-20H,7H2,1-2H3,(H,15,17,18). The van der Waals surface area contributed by atoms with Crippen molar-refractivity contribution in [1.82, 2.24) is 9.55 Å². The maximum Gasteiger partial charge on any atom is 0.492 e. The molecule has 3 N–H and O–H groups in total. The SMILES string of the molecule is COc1ccc(Cn2cc(C)c(=O)[nH]c2=O)cc1B(O)O. The first kappa shape index (κ1) is 15.1. The maximum atomic E-state index is 11.7. The smallest absolute Gasteiger partial charge is 0.492 e. The Morgan fingerprint density at radius 3 is 2.67 bits per heavy atom. The molecule has 1 aromatic heterocycles. The highest BCUT2D eigenvalue weighted by Gasteiger charge is 2.17. The molecule has 2 aromatic rings. The predicted octanol–water partition coefficient (Wildman–Crippen LogP) is -1.42. The van der Waals surface area contributed by atoms with Crippen LogP contribution in [0, 0.1) is 6.92 Å². The number of aromatic amines is 1. The van der Waals surface area contributed by atoms with Crippen LogP contribution in [0.4, 0.5) is 0 Å². The summed E-state index contributed by atoms with van der Waals surface area (Å²) in [5.41, 5.74) is 0.368. The second kappa shape index (κ2) is 5.98. The van der Waals surface area contributed by atoms with E-state index in [4.69, 9.17) is 4.74 Å². The molecule has 0 aliphatic rings. The van der Waals surface area contributed by atoms with E-state index < -0.39 is 18.4 Å². The minimum Gasteiger partial charge on any atom is -0.497 e. The molecule has 21 heavy (non-hydrogen) atoms. The van der Waals surface area contributed by atoms with Crippen LogP contribution in [0.3, 0.4) is 0 Å². The van der Waals surface area contributed by atoms with Crippen molar-refractivity contribution in [3.05, 3.63) is 56.4 Å². The number of hydrogen-bond acceptors (Lipinski definition) is 5. The molecule has 2 rings (SSSR count). The normalized spacial score (nSPS) is 10.5. The van der Waals surface area contributed by atoms with Crippen LogP contribution >= 0.6 is 0 Å². The van der Waals surface area contributed by atoms with Crippen LogP contribution < -0.4 is 21.4 Å². The Balaban J connectivity index is 2.41. The van der Waals surface area contributed by atoms with Gasteiger partial charge in [-0.15, -0.1) is 0 Å². The van der Waals surface area contributed by atoms with E-state index in [0.717, 1.165) is 0 Å². The van der Waals surface area contributed by atoms with Crippen molar-refractivity contribution in [1.29, 1.82) is 0 Å². The number of nitrogens with one attached hydrogen (secondary N) is 1. The quantitative estimate of drug-likeness (QED) is 0.600. The Labute approximate surface area is 120 Å². The molecular formula is C13H15BN2O5. The molecule has 110 valence electrons. The van der Waals surface area contributed by atoms with E-state index in [1.807, 2.05) is 0 Å². The molecule has 8 heteroatoms. The second-order valence-corrected chi connectivity index (χ2v) is 4.65. The first-order valence-corrected chi connectivity index (χ1v) is 6.25. The lowest BCUT2D eigenvalue weighted by Gasteiger charge is -2.11. The third kappa shape index (κ3) is 3.23. The zero-order chi connectivity index (χ0) is 15.6. The molecule has 0 radical (unpaired) electrons. The number of H-pyrrole nitrogens is 1. The molecule has 0 bridgehead atoms. The maximum absolute atomic E-state index is 11.7. The first-order chi connectivity index (χ1) is 9.92. The summed E-state index contributed by atoms with van der Waals surface area (Å²) >= 11 is 0. The number of aromatic nitrogens is 2. The van der Waals surface area contributed by atoms with E-state index in [0.29, 0.717) is 16.9 Å². The molecule has 0 aliphatic heterocycles. The molecule has 0 unspecified atom stereocenters. The van der Waals surface area contributed by atoms with Crippen LogP contribution in [-0.2, 0) is 6.54 Å². The Bertz CT molecular complexity index is 766. The van der Waals surface area contributed by atoms with Crippen molar-refractivity contribution in [2.45, 2.75) is 13.5 Å². The van der Waals surface area contributed by atoms with Crippen molar-refractivity contribution < 1.29 is 14.8 Å². The van der Waals surface area contributed by atoms with Gasteiger partial charge in [-0.1, -0.05) is 12.1 Å². The highest BCUT2D eigenvalue weighted by atomic mass is 16.5. The Hall–Kier alpha value is -2.32. The molecule has 0 atom stereocenters. The van der Waals surface area contributed by atoms with Crippen LogP contribution in [0.2, 0.25) is 0 Å². The van der Waals surface area contributed by atoms with Gasteiger partial charge in [0.25, 0.3) is 5.56 Å². The largest absolute Gasteiger partial charge is 0.497 e. The van der Waals surface area contributed by atoms with Gasteiger partial charge < -0.3 is 14.8 Å². The number of benzene rings is 1. The summed E-state index contributed by atoms with van der Waals surface area (Å²) in [5.74, 6) is 0.346. The molecular weight excluding hydrogens is 275 g/mol. The minimum atomic E-state index is -1.67. The van der Waals surface area contributed by atoms with Crippen LogP contribution in [0.5, 0.6) is 5.75 Å². The van der Waals surface area contributed by atoms with Gasteiger partial charge in [0.1, 0.15) is 5.75 Å². The van der Waals surface area contributed by atoms with Gasteiger partial charge in [-0.25, -0.2) is 4.79 Å². The summed E-state index contributed by atoms with van der Waals surface area (Å²) in [5, 5.41) is 18.6. The number of hydrogen-bond donors (Lipinski definition) is 3. The zero-order valence-electron chi connectivity index (χ0n) is 11.7. The molecule has 0 aliphatic carbocycles. The van der Waals surface area contributed by atoms with Gasteiger partial charge >= 0.3 is 12.8 Å². The number of nitrogens with zero attached hydrogens (tertiary/aromatic N) is 1. The molecule has 0 spiro atoms. The highest BCUT2D eigenvalue weighted by molar-refractivity contribution is 6.59. The van der Waals surface area contributed by atoms with Crippen molar-refractivity contribution in [3.8, 4) is 5.75 Å². The third-order valence-corrected chi connectivity index (χ3v) is 3.11. The Kier molecular flexibility index (Phi) is 4.30. The fourth-order valence-corrected chi connectivity index (χ4v) is 2.02. The van der Waals surface area contributed by atoms with E-state index in [9.17, 15) is 19.6 Å². The average molecular weight is 290 g/mol. The Morgan fingerprint density at radius 1 is 1.33 bits per heavy atom. The van der Waals surface area contributed by atoms with Gasteiger partial charge in [0.2, 0.25) is 0 Å². The molecule has 1 heterocycles. The van der Waals surface area contributed by atoms with E-state index in [1.165, 1.54) is 23.9 Å². The number of rotatable bonds is 4. The van der Waals surface area contributed by atoms with Crippen molar-refractivity contribution >= 4 is 12.6 Å². The second-order valence-electron chi connectivity index (χ2n) is 4.65. The lowest BCUT2D eigenvalue weighted by molar-refractivity contribution is 0.403. The first-order valence-electron chi connectivity index (χ1n) is 6.25. The van der Waals surface area contributed by atoms with Gasteiger partial charge in [0, 0.05) is 17.2 Å². The van der Waals surface area contributed by atoms with Crippen molar-refractivity contribution in [2.24, 2.45) is 0 Å². The molecule has 0 amide bonds. The fraction of sp³-hybridized carbons (Fsp3) is 0.231. The zero-order valence-corrected chi connectivity index (χ0v) is 11.7. The highest BCUT2D eigenvalue weighted by Crippen LogP contribution is 2.10. The van der Waals surface area contributed by atoms with E-state index in [1.54, 1.807) is 19.1 Å². The van der Waals surface area contributed by atoms with Gasteiger partial charge in [0.05, 0.1) is 13.7 Å². The van der Waals surface area contributed by atoms with Crippen LogP contribution in [0.1, 0.15) is 11.1 Å². The van der Waals surface area contributed by atoms with Crippen molar-refractivity contribution in [2.75, 3.05) is 7.11 Å². The predicted molar refractivity (Wildman–Crippen MR) is 78.0 cm³/mol. The summed E-state index contributed by atoms with van der Waals surface area (Å²) in [6.45, 7) is 1.80. The molecule has 7 nitrogen and oxygen atoms in total.